The van der Waals surface area contributed by atoms with E-state index in [2.05, 4.69) is 4.98 Å². The molecule has 0 spiro atoms. The third-order valence-electron chi connectivity index (χ3n) is 2.28. The van der Waals surface area contributed by atoms with Crippen LogP contribution in [0.15, 0.2) is 24.5 Å². The molecule has 2 rings (SSSR count). The second-order valence-electron chi connectivity index (χ2n) is 5.22. The summed E-state index contributed by atoms with van der Waals surface area (Å²) in [5, 5.41) is 0. The molecule has 2 heterocycles. The van der Waals surface area contributed by atoms with Crippen molar-refractivity contribution in [1.29, 1.82) is 0 Å². The van der Waals surface area contributed by atoms with Crippen molar-refractivity contribution < 1.29 is 9.53 Å². The SMILES string of the molecule is CC(C)(C)OC(=O)Cc1cn2ccc(N)cc2n1. The van der Waals surface area contributed by atoms with Crippen LogP contribution in [0.4, 0.5) is 5.69 Å². The van der Waals surface area contributed by atoms with Crippen LogP contribution < -0.4 is 5.73 Å². The van der Waals surface area contributed by atoms with Gasteiger partial charge in [-0.2, -0.15) is 0 Å². The standard InChI is InChI=1S/C13H17N3O2/c1-13(2,3)18-12(17)7-10-8-16-5-4-9(14)6-11(16)15-10/h4-6,8H,7,14H2,1-3H3. The lowest BCUT2D eigenvalue weighted by atomic mass is 10.2. The Morgan fingerprint density at radius 3 is 2.89 bits per heavy atom. The average Bonchev–Trinajstić information content (AvgIpc) is 2.55. The Morgan fingerprint density at radius 1 is 1.50 bits per heavy atom. The quantitative estimate of drug-likeness (QED) is 0.821. The zero-order valence-electron chi connectivity index (χ0n) is 10.8. The van der Waals surface area contributed by atoms with E-state index in [0.717, 1.165) is 5.65 Å². The topological polar surface area (TPSA) is 69.6 Å². The van der Waals surface area contributed by atoms with Gasteiger partial charge in [0.1, 0.15) is 11.2 Å². The summed E-state index contributed by atoms with van der Waals surface area (Å²) in [6, 6.07) is 3.55. The van der Waals surface area contributed by atoms with Gasteiger partial charge in [-0.25, -0.2) is 4.98 Å². The molecular weight excluding hydrogens is 230 g/mol. The number of pyridine rings is 1. The number of nitrogens with zero attached hydrogens (tertiary/aromatic N) is 2. The van der Waals surface area contributed by atoms with Gasteiger partial charge in [-0.3, -0.25) is 4.79 Å². The van der Waals surface area contributed by atoms with Crippen LogP contribution in [0.5, 0.6) is 0 Å². The number of nitrogens with two attached hydrogens (primary N) is 1. The minimum Gasteiger partial charge on any atom is -0.460 e. The highest BCUT2D eigenvalue weighted by molar-refractivity contribution is 5.72. The molecule has 0 aliphatic rings. The van der Waals surface area contributed by atoms with Gasteiger partial charge in [0, 0.05) is 24.1 Å². The number of hydrogen-bond donors (Lipinski definition) is 1. The minimum atomic E-state index is -0.472. The number of anilines is 1. The van der Waals surface area contributed by atoms with E-state index in [9.17, 15) is 4.79 Å². The first-order chi connectivity index (χ1) is 8.33. The van der Waals surface area contributed by atoms with Crippen LogP contribution in [0, 0.1) is 0 Å². The fourth-order valence-electron chi connectivity index (χ4n) is 1.66. The van der Waals surface area contributed by atoms with Crippen LogP contribution in [0.25, 0.3) is 5.65 Å². The van der Waals surface area contributed by atoms with Gasteiger partial charge in [-0.15, -0.1) is 0 Å². The number of carbonyl (C=O) groups excluding carboxylic acids is 1. The summed E-state index contributed by atoms with van der Waals surface area (Å²) in [6.45, 7) is 5.53. The van der Waals surface area contributed by atoms with Crippen molar-refractivity contribution in [2.75, 3.05) is 5.73 Å². The van der Waals surface area contributed by atoms with E-state index >= 15 is 0 Å². The van der Waals surface area contributed by atoms with Crippen LogP contribution in [-0.4, -0.2) is 21.0 Å². The van der Waals surface area contributed by atoms with Gasteiger partial charge >= 0.3 is 5.97 Å². The summed E-state index contributed by atoms with van der Waals surface area (Å²) < 4.78 is 7.08. The lowest BCUT2D eigenvalue weighted by molar-refractivity contribution is -0.153. The first-order valence-corrected chi connectivity index (χ1v) is 5.78. The summed E-state index contributed by atoms with van der Waals surface area (Å²) in [5.41, 5.74) is 7.26. The number of rotatable bonds is 2. The molecule has 5 nitrogen and oxygen atoms in total. The molecule has 18 heavy (non-hydrogen) atoms. The van der Waals surface area contributed by atoms with Gasteiger partial charge in [0.05, 0.1) is 12.1 Å². The summed E-state index contributed by atoms with van der Waals surface area (Å²) in [5.74, 6) is -0.279. The number of esters is 1. The Labute approximate surface area is 106 Å². The Morgan fingerprint density at radius 2 is 2.22 bits per heavy atom. The molecule has 0 bridgehead atoms. The van der Waals surface area contributed by atoms with Crippen molar-refractivity contribution >= 4 is 17.3 Å². The monoisotopic (exact) mass is 247 g/mol. The highest BCUT2D eigenvalue weighted by Crippen LogP contribution is 2.12. The number of carbonyl (C=O) groups is 1. The van der Waals surface area contributed by atoms with Gasteiger partial charge in [-0.05, 0) is 26.8 Å². The van der Waals surface area contributed by atoms with Gasteiger partial charge in [0.25, 0.3) is 0 Å². The van der Waals surface area contributed by atoms with E-state index in [4.69, 9.17) is 10.5 Å². The second-order valence-corrected chi connectivity index (χ2v) is 5.22. The van der Waals surface area contributed by atoms with Crippen molar-refractivity contribution in [3.63, 3.8) is 0 Å². The number of hydrogen-bond acceptors (Lipinski definition) is 4. The van der Waals surface area contributed by atoms with E-state index in [0.29, 0.717) is 11.4 Å². The van der Waals surface area contributed by atoms with Gasteiger partial charge < -0.3 is 14.9 Å². The molecule has 0 atom stereocenters. The van der Waals surface area contributed by atoms with Crippen LogP contribution in [0.2, 0.25) is 0 Å². The molecule has 5 heteroatoms. The van der Waals surface area contributed by atoms with Crippen molar-refractivity contribution in [3.8, 4) is 0 Å². The molecule has 96 valence electrons. The summed E-state index contributed by atoms with van der Waals surface area (Å²) >= 11 is 0. The van der Waals surface area contributed by atoms with Crippen molar-refractivity contribution in [1.82, 2.24) is 9.38 Å². The molecule has 0 saturated carbocycles. The highest BCUT2D eigenvalue weighted by atomic mass is 16.6. The molecule has 2 N–H and O–H groups in total. The van der Waals surface area contributed by atoms with Crippen LogP contribution in [-0.2, 0) is 16.0 Å². The third-order valence-corrected chi connectivity index (χ3v) is 2.28. The third kappa shape index (κ3) is 3.00. The molecule has 0 saturated heterocycles. The molecule has 2 aromatic heterocycles. The lowest BCUT2D eigenvalue weighted by Gasteiger charge is -2.18. The molecule has 0 aliphatic heterocycles. The van der Waals surface area contributed by atoms with E-state index in [1.807, 2.05) is 31.4 Å². The number of fused-ring (bicyclic) bond motifs is 1. The lowest BCUT2D eigenvalue weighted by Crippen LogP contribution is -2.24. The van der Waals surface area contributed by atoms with Gasteiger partial charge in [0.15, 0.2) is 0 Å². The second kappa shape index (κ2) is 4.33. The Hall–Kier alpha value is -2.04. The molecule has 0 fully saturated rings. The zero-order valence-corrected chi connectivity index (χ0v) is 10.8. The number of imidazole rings is 1. The van der Waals surface area contributed by atoms with Gasteiger partial charge in [-0.1, -0.05) is 0 Å². The molecule has 0 unspecified atom stereocenters. The first-order valence-electron chi connectivity index (χ1n) is 5.78. The maximum absolute atomic E-state index is 11.7. The molecular formula is C13H17N3O2. The predicted molar refractivity (Wildman–Crippen MR) is 69.2 cm³/mol. The van der Waals surface area contributed by atoms with Crippen LogP contribution in [0.3, 0.4) is 0 Å². The fourth-order valence-corrected chi connectivity index (χ4v) is 1.66. The summed E-state index contributed by atoms with van der Waals surface area (Å²) in [6.07, 6.45) is 3.79. The molecule has 0 aliphatic carbocycles. The first kappa shape index (κ1) is 12.4. The molecule has 0 aromatic carbocycles. The van der Waals surface area contributed by atoms with Gasteiger partial charge in [0.2, 0.25) is 0 Å². The predicted octanol–water partition coefficient (Wildman–Crippen LogP) is 1.80. The normalized spacial score (nSPS) is 11.7. The zero-order chi connectivity index (χ0) is 13.3. The minimum absolute atomic E-state index is 0.166. The number of nitrogen functional groups attached to an aromatic ring is 1. The Kier molecular flexibility index (Phi) is 2.98. The van der Waals surface area contributed by atoms with Crippen molar-refractivity contribution in [3.05, 3.63) is 30.2 Å². The molecule has 2 aromatic rings. The molecule has 0 radical (unpaired) electrons. The number of aromatic nitrogens is 2. The largest absolute Gasteiger partial charge is 0.460 e. The van der Waals surface area contributed by atoms with Crippen LogP contribution >= 0.6 is 0 Å². The van der Waals surface area contributed by atoms with E-state index in [-0.39, 0.29) is 12.4 Å². The Balaban J connectivity index is 2.15. The fraction of sp³-hybridized carbons (Fsp3) is 0.385. The summed E-state index contributed by atoms with van der Waals surface area (Å²) in [4.78, 5) is 16.0. The maximum atomic E-state index is 11.7. The summed E-state index contributed by atoms with van der Waals surface area (Å²) in [7, 11) is 0. The maximum Gasteiger partial charge on any atom is 0.312 e. The van der Waals surface area contributed by atoms with E-state index < -0.39 is 5.60 Å². The Bertz CT molecular complexity index is 581. The van der Waals surface area contributed by atoms with E-state index in [1.165, 1.54) is 0 Å². The highest BCUT2D eigenvalue weighted by Gasteiger charge is 2.17. The average molecular weight is 247 g/mol. The van der Waals surface area contributed by atoms with Crippen molar-refractivity contribution in [2.24, 2.45) is 0 Å². The smallest absolute Gasteiger partial charge is 0.312 e. The van der Waals surface area contributed by atoms with Crippen molar-refractivity contribution in [2.45, 2.75) is 32.8 Å². The number of ether oxygens (including phenoxy) is 1. The van der Waals surface area contributed by atoms with Crippen LogP contribution in [0.1, 0.15) is 26.5 Å². The van der Waals surface area contributed by atoms with E-state index in [1.54, 1.807) is 18.3 Å². The molecule has 0 amide bonds.